The second-order valence-electron chi connectivity index (χ2n) is 6.02. The molecule has 21 heavy (non-hydrogen) atoms. The van der Waals surface area contributed by atoms with E-state index in [0.29, 0.717) is 6.61 Å². The first-order valence-corrected chi connectivity index (χ1v) is 7.43. The van der Waals surface area contributed by atoms with Gasteiger partial charge in [0.1, 0.15) is 0 Å². The van der Waals surface area contributed by atoms with Crippen molar-refractivity contribution in [1.82, 2.24) is 29.7 Å². The Hall–Kier alpha value is -1.73. The molecule has 1 fully saturated rings. The number of hydrogen-bond donors (Lipinski definition) is 0. The van der Waals surface area contributed by atoms with E-state index in [1.165, 1.54) is 5.56 Å². The molecule has 0 radical (unpaired) electrons. The van der Waals surface area contributed by atoms with Gasteiger partial charge in [-0.05, 0) is 13.3 Å². The molecule has 0 spiro atoms. The topological polar surface area (TPSA) is 61.0 Å². The van der Waals surface area contributed by atoms with E-state index >= 15 is 0 Å². The van der Waals surface area contributed by atoms with Crippen molar-refractivity contribution in [3.63, 3.8) is 0 Å². The van der Waals surface area contributed by atoms with E-state index in [0.717, 1.165) is 37.4 Å². The summed E-state index contributed by atoms with van der Waals surface area (Å²) in [5, 5.41) is 12.7. The number of aryl methyl sites for hydroxylation is 2. The van der Waals surface area contributed by atoms with Crippen molar-refractivity contribution in [3.05, 3.63) is 29.3 Å². The number of piperidine rings is 1. The highest BCUT2D eigenvalue weighted by Crippen LogP contribution is 2.30. The van der Waals surface area contributed by atoms with E-state index < -0.39 is 0 Å². The van der Waals surface area contributed by atoms with E-state index in [-0.39, 0.29) is 12.1 Å². The van der Waals surface area contributed by atoms with Crippen LogP contribution < -0.4 is 0 Å². The second kappa shape index (κ2) is 4.92. The van der Waals surface area contributed by atoms with Gasteiger partial charge in [-0.1, -0.05) is 5.21 Å². The van der Waals surface area contributed by atoms with Gasteiger partial charge in [0.05, 0.1) is 36.3 Å². The number of hydrogen-bond acceptors (Lipinski definition) is 5. The summed E-state index contributed by atoms with van der Waals surface area (Å²) in [6.07, 6.45) is 5.23. The molecule has 7 heteroatoms. The fourth-order valence-corrected chi connectivity index (χ4v) is 3.43. The Morgan fingerprint density at radius 1 is 1.43 bits per heavy atom. The van der Waals surface area contributed by atoms with Gasteiger partial charge in [0.2, 0.25) is 0 Å². The minimum Gasteiger partial charge on any atom is -0.370 e. The number of ether oxygens (including phenoxy) is 1. The number of likely N-dealkylation sites (tertiary alicyclic amines) is 1. The largest absolute Gasteiger partial charge is 0.370 e. The van der Waals surface area contributed by atoms with Gasteiger partial charge in [-0.15, -0.1) is 5.10 Å². The number of fused-ring (bicyclic) bond motifs is 3. The van der Waals surface area contributed by atoms with Gasteiger partial charge in [0.25, 0.3) is 0 Å². The molecule has 0 amide bonds. The minimum atomic E-state index is 0.269. The molecule has 7 nitrogen and oxygen atoms in total. The molecule has 4 rings (SSSR count). The fraction of sp³-hybridized carbons (Fsp3) is 0.643. The molecule has 1 saturated heterocycles. The first kappa shape index (κ1) is 13.0. The molecule has 0 N–H and O–H groups in total. The standard InChI is InChI=1S/C14H20N6O/c1-10-11(6-18(2)16-10)7-19-4-3-14-13(8-19)20-12(9-21-14)5-15-17-20/h5-6,13-14H,3-4,7-9H2,1-2H3/t13-,14+/m0/s1. The lowest BCUT2D eigenvalue weighted by atomic mass is 10.00. The van der Waals surface area contributed by atoms with Crippen LogP contribution in [0.1, 0.15) is 29.4 Å². The summed E-state index contributed by atoms with van der Waals surface area (Å²) in [5.41, 5.74) is 3.49. The molecule has 0 bridgehead atoms. The predicted octanol–water partition coefficient (Wildman–Crippen LogP) is 0.666. The van der Waals surface area contributed by atoms with Crippen molar-refractivity contribution >= 4 is 0 Å². The van der Waals surface area contributed by atoms with Gasteiger partial charge >= 0.3 is 0 Å². The van der Waals surface area contributed by atoms with Crippen LogP contribution in [0.3, 0.4) is 0 Å². The third kappa shape index (κ3) is 2.26. The number of nitrogens with zero attached hydrogens (tertiary/aromatic N) is 6. The summed E-state index contributed by atoms with van der Waals surface area (Å²) in [6, 6.07) is 0.280. The molecule has 0 unspecified atom stereocenters. The van der Waals surface area contributed by atoms with Crippen LogP contribution in [0.5, 0.6) is 0 Å². The van der Waals surface area contributed by atoms with Gasteiger partial charge in [-0.2, -0.15) is 5.10 Å². The van der Waals surface area contributed by atoms with Crippen LogP contribution in [0.15, 0.2) is 12.4 Å². The van der Waals surface area contributed by atoms with Crippen molar-refractivity contribution in [2.24, 2.45) is 7.05 Å². The van der Waals surface area contributed by atoms with Crippen LogP contribution in [0.4, 0.5) is 0 Å². The van der Waals surface area contributed by atoms with E-state index in [1.807, 2.05) is 11.7 Å². The maximum absolute atomic E-state index is 5.95. The van der Waals surface area contributed by atoms with Crippen LogP contribution in [0, 0.1) is 6.92 Å². The third-order valence-electron chi connectivity index (χ3n) is 4.52. The van der Waals surface area contributed by atoms with Crippen molar-refractivity contribution < 1.29 is 4.74 Å². The zero-order valence-electron chi connectivity index (χ0n) is 12.4. The van der Waals surface area contributed by atoms with Gasteiger partial charge in [-0.3, -0.25) is 9.58 Å². The molecule has 2 aliphatic heterocycles. The monoisotopic (exact) mass is 288 g/mol. The summed E-state index contributed by atoms with van der Waals surface area (Å²) < 4.78 is 9.89. The third-order valence-corrected chi connectivity index (χ3v) is 4.52. The van der Waals surface area contributed by atoms with Crippen LogP contribution in [-0.2, 0) is 24.9 Å². The highest BCUT2D eigenvalue weighted by molar-refractivity contribution is 5.15. The zero-order chi connectivity index (χ0) is 14.4. The smallest absolute Gasteiger partial charge is 0.0930 e. The Balaban J connectivity index is 1.52. The molecule has 112 valence electrons. The Morgan fingerprint density at radius 2 is 2.33 bits per heavy atom. The first-order chi connectivity index (χ1) is 10.2. The van der Waals surface area contributed by atoms with Crippen molar-refractivity contribution in [2.45, 2.75) is 38.6 Å². The van der Waals surface area contributed by atoms with Crippen molar-refractivity contribution in [2.75, 3.05) is 13.1 Å². The van der Waals surface area contributed by atoms with Gasteiger partial charge in [0, 0.05) is 38.4 Å². The molecule has 2 aromatic rings. The number of aromatic nitrogens is 5. The van der Waals surface area contributed by atoms with E-state index in [9.17, 15) is 0 Å². The molecule has 0 saturated carbocycles. The Bertz CT molecular complexity index is 648. The summed E-state index contributed by atoms with van der Waals surface area (Å²) >= 11 is 0. The fourth-order valence-electron chi connectivity index (χ4n) is 3.43. The summed E-state index contributed by atoms with van der Waals surface area (Å²) in [6.45, 7) is 5.65. The first-order valence-electron chi connectivity index (χ1n) is 7.43. The number of rotatable bonds is 2. The lowest BCUT2D eigenvalue weighted by molar-refractivity contribution is -0.0670. The van der Waals surface area contributed by atoms with Gasteiger partial charge in [0.15, 0.2) is 0 Å². The molecule has 2 aliphatic rings. The zero-order valence-corrected chi connectivity index (χ0v) is 12.4. The molecular formula is C14H20N6O. The lowest BCUT2D eigenvalue weighted by Crippen LogP contribution is -2.47. The van der Waals surface area contributed by atoms with Crippen LogP contribution in [-0.4, -0.2) is 48.9 Å². The summed E-state index contributed by atoms with van der Waals surface area (Å²) in [5.74, 6) is 0. The quantitative estimate of drug-likeness (QED) is 0.812. The summed E-state index contributed by atoms with van der Waals surface area (Å²) in [4.78, 5) is 2.46. The van der Waals surface area contributed by atoms with Gasteiger partial charge in [-0.25, -0.2) is 4.68 Å². The van der Waals surface area contributed by atoms with Crippen LogP contribution >= 0.6 is 0 Å². The minimum absolute atomic E-state index is 0.269. The maximum Gasteiger partial charge on any atom is 0.0930 e. The highest BCUT2D eigenvalue weighted by atomic mass is 16.5. The molecule has 0 aromatic carbocycles. The average Bonchev–Trinajstić information content (AvgIpc) is 3.06. The average molecular weight is 288 g/mol. The molecule has 4 heterocycles. The Morgan fingerprint density at radius 3 is 3.14 bits per heavy atom. The Labute approximate surface area is 123 Å². The highest BCUT2D eigenvalue weighted by Gasteiger charge is 2.36. The molecule has 2 atom stereocenters. The summed E-state index contributed by atoms with van der Waals surface area (Å²) in [7, 11) is 1.97. The van der Waals surface area contributed by atoms with E-state index in [2.05, 4.69) is 38.1 Å². The SMILES string of the molecule is Cc1nn(C)cc1CN1CC[C@H]2OCc3cnnn3[C@H]2C1. The van der Waals surface area contributed by atoms with E-state index in [1.54, 1.807) is 6.20 Å². The molecule has 0 aliphatic carbocycles. The second-order valence-corrected chi connectivity index (χ2v) is 6.02. The normalized spacial score (nSPS) is 25.6. The molecule has 2 aromatic heterocycles. The lowest BCUT2D eigenvalue weighted by Gasteiger charge is -2.40. The molecular weight excluding hydrogens is 268 g/mol. The van der Waals surface area contributed by atoms with Crippen molar-refractivity contribution in [1.29, 1.82) is 0 Å². The van der Waals surface area contributed by atoms with Gasteiger partial charge < -0.3 is 4.74 Å². The van der Waals surface area contributed by atoms with Crippen molar-refractivity contribution in [3.8, 4) is 0 Å². The van der Waals surface area contributed by atoms with Crippen LogP contribution in [0.2, 0.25) is 0 Å². The van der Waals surface area contributed by atoms with E-state index in [4.69, 9.17) is 4.74 Å². The predicted molar refractivity (Wildman–Crippen MR) is 75.5 cm³/mol. The van der Waals surface area contributed by atoms with Crippen LogP contribution in [0.25, 0.3) is 0 Å². The Kier molecular flexibility index (Phi) is 3.04. The maximum atomic E-state index is 5.95.